The monoisotopic (exact) mass is 486 g/mol. The van der Waals surface area contributed by atoms with Crippen LogP contribution in [-0.2, 0) is 6.54 Å². The van der Waals surface area contributed by atoms with E-state index in [0.717, 1.165) is 66.9 Å². The average Bonchev–Trinajstić information content (AvgIpc) is 3.29. The Labute approximate surface area is 216 Å². The second-order valence-corrected chi connectivity index (χ2v) is 12.0. The summed E-state index contributed by atoms with van der Waals surface area (Å²) in [6.45, 7) is 18.1. The molecule has 1 aromatic carbocycles. The van der Waals surface area contributed by atoms with Crippen LogP contribution in [0.4, 0.5) is 0 Å². The van der Waals surface area contributed by atoms with Crippen molar-refractivity contribution in [2.24, 2.45) is 5.41 Å². The van der Waals surface area contributed by atoms with Crippen molar-refractivity contribution in [3.8, 4) is 11.1 Å². The van der Waals surface area contributed by atoms with Crippen LogP contribution >= 0.6 is 0 Å². The summed E-state index contributed by atoms with van der Waals surface area (Å²) in [6.07, 6.45) is 10.2. The van der Waals surface area contributed by atoms with Crippen LogP contribution in [0.1, 0.15) is 64.1 Å². The maximum atomic E-state index is 4.63. The van der Waals surface area contributed by atoms with Crippen molar-refractivity contribution < 1.29 is 0 Å². The molecule has 2 aromatic heterocycles. The normalized spacial score (nSPS) is 18.5. The molecule has 36 heavy (non-hydrogen) atoms. The van der Waals surface area contributed by atoms with Crippen LogP contribution in [0.2, 0.25) is 0 Å². The van der Waals surface area contributed by atoms with E-state index in [1.165, 1.54) is 43.5 Å². The Bertz CT molecular complexity index is 1180. The number of H-pyrrole nitrogens is 1. The van der Waals surface area contributed by atoms with Crippen LogP contribution in [0.25, 0.3) is 27.7 Å². The van der Waals surface area contributed by atoms with Crippen LogP contribution in [-0.4, -0.2) is 63.7 Å². The Kier molecular flexibility index (Phi) is 7.44. The molecule has 0 atom stereocenters. The number of nitrogens with one attached hydrogen (secondary N) is 2. The second-order valence-electron chi connectivity index (χ2n) is 12.0. The lowest BCUT2D eigenvalue weighted by molar-refractivity contribution is 0.150. The van der Waals surface area contributed by atoms with Crippen molar-refractivity contribution in [3.63, 3.8) is 0 Å². The second kappa shape index (κ2) is 10.7. The number of aromatic nitrogens is 3. The van der Waals surface area contributed by atoms with E-state index >= 15 is 0 Å². The molecule has 2 saturated heterocycles. The molecule has 2 aliphatic rings. The van der Waals surface area contributed by atoms with Gasteiger partial charge in [-0.3, -0.25) is 15.0 Å². The molecule has 192 valence electrons. The van der Waals surface area contributed by atoms with Gasteiger partial charge in [-0.05, 0) is 73.5 Å². The van der Waals surface area contributed by atoms with Crippen LogP contribution < -0.4 is 5.32 Å². The average molecular weight is 487 g/mol. The lowest BCUT2D eigenvalue weighted by Crippen LogP contribution is -2.44. The highest BCUT2D eigenvalue weighted by Crippen LogP contribution is 2.29. The molecular formula is C30H42N6. The molecule has 0 aliphatic carbocycles. The Balaban J connectivity index is 1.27. The third-order valence-electron chi connectivity index (χ3n) is 7.50. The number of hydrogen-bond donors (Lipinski definition) is 2. The predicted octanol–water partition coefficient (Wildman–Crippen LogP) is 5.68. The number of pyridine rings is 1. The smallest absolute Gasteiger partial charge is 0.115 e. The van der Waals surface area contributed by atoms with Gasteiger partial charge in [0.15, 0.2) is 0 Å². The molecule has 0 bridgehead atoms. The van der Waals surface area contributed by atoms with Gasteiger partial charge in [-0.1, -0.05) is 39.8 Å². The number of benzene rings is 1. The first-order chi connectivity index (χ1) is 17.3. The van der Waals surface area contributed by atoms with Crippen molar-refractivity contribution in [2.45, 2.75) is 65.5 Å². The van der Waals surface area contributed by atoms with Crippen molar-refractivity contribution in [2.75, 3.05) is 32.7 Å². The highest BCUT2D eigenvalue weighted by molar-refractivity contribution is 5.92. The minimum absolute atomic E-state index is 0.345. The number of nitrogens with zero attached hydrogens (tertiary/aromatic N) is 4. The van der Waals surface area contributed by atoms with Crippen LogP contribution in [0.5, 0.6) is 0 Å². The number of aromatic amines is 1. The van der Waals surface area contributed by atoms with Gasteiger partial charge in [0.2, 0.25) is 0 Å². The molecule has 0 unspecified atom stereocenters. The minimum atomic E-state index is 0.345. The Hall–Kier alpha value is -2.70. The van der Waals surface area contributed by atoms with Crippen LogP contribution in [0.3, 0.4) is 0 Å². The Morgan fingerprint density at radius 1 is 1.00 bits per heavy atom. The van der Waals surface area contributed by atoms with Crippen molar-refractivity contribution >= 4 is 16.6 Å². The fraction of sp³-hybridized carbons (Fsp3) is 0.533. The first-order valence-corrected chi connectivity index (χ1v) is 13.7. The zero-order valence-electron chi connectivity index (χ0n) is 22.3. The fourth-order valence-electron chi connectivity index (χ4n) is 5.75. The topological polar surface area (TPSA) is 60.1 Å². The highest BCUT2D eigenvalue weighted by atomic mass is 15.2. The number of hydrogen-bond acceptors (Lipinski definition) is 5. The summed E-state index contributed by atoms with van der Waals surface area (Å²) in [5, 5.41) is 12.6. The van der Waals surface area contributed by atoms with E-state index in [0.29, 0.717) is 11.5 Å². The molecule has 0 radical (unpaired) electrons. The quantitative estimate of drug-likeness (QED) is 0.450. The summed E-state index contributed by atoms with van der Waals surface area (Å²) in [6, 6.07) is 9.25. The lowest BCUT2D eigenvalue weighted by Gasteiger charge is -2.36. The van der Waals surface area contributed by atoms with Gasteiger partial charge in [-0.2, -0.15) is 5.10 Å². The third-order valence-corrected chi connectivity index (χ3v) is 7.50. The molecule has 0 saturated carbocycles. The lowest BCUT2D eigenvalue weighted by atomic mass is 9.94. The molecular weight excluding hydrogens is 444 g/mol. The van der Waals surface area contributed by atoms with E-state index in [1.54, 1.807) is 0 Å². The number of fused-ring (bicyclic) bond motifs is 1. The van der Waals surface area contributed by atoms with Gasteiger partial charge >= 0.3 is 0 Å². The molecule has 6 nitrogen and oxygen atoms in total. The van der Waals surface area contributed by atoms with Gasteiger partial charge in [0.25, 0.3) is 0 Å². The van der Waals surface area contributed by atoms with Gasteiger partial charge in [0.1, 0.15) is 5.69 Å². The van der Waals surface area contributed by atoms with Gasteiger partial charge in [0, 0.05) is 55.6 Å². The van der Waals surface area contributed by atoms with Gasteiger partial charge in [-0.25, -0.2) is 0 Å². The zero-order valence-corrected chi connectivity index (χ0v) is 22.3. The molecule has 0 spiro atoms. The largest absolute Gasteiger partial charge is 0.381 e. The standard InChI is InChI=1S/C30H42N6/c1-22(32-26-10-14-36(15-11-26)21-30(2,3)4)29-27-17-24(8-9-28(27)33-34-29)25-16-23(18-31-19-25)20-35-12-6-5-7-13-35/h8-9,16-19,26,32H,1,5-7,10-15,20-21H2,2-4H3,(H,33,34). The molecule has 3 aromatic rings. The Morgan fingerprint density at radius 3 is 2.53 bits per heavy atom. The fourth-order valence-corrected chi connectivity index (χ4v) is 5.75. The number of piperidine rings is 2. The van der Waals surface area contributed by atoms with E-state index < -0.39 is 0 Å². The zero-order chi connectivity index (χ0) is 25.1. The van der Waals surface area contributed by atoms with E-state index in [9.17, 15) is 0 Å². The van der Waals surface area contributed by atoms with E-state index in [-0.39, 0.29) is 0 Å². The van der Waals surface area contributed by atoms with Crippen LogP contribution in [0.15, 0.2) is 43.2 Å². The molecule has 2 N–H and O–H groups in total. The third kappa shape index (κ3) is 6.16. The first-order valence-electron chi connectivity index (χ1n) is 13.7. The van der Waals surface area contributed by atoms with Gasteiger partial charge in [-0.15, -0.1) is 0 Å². The van der Waals surface area contributed by atoms with Crippen LogP contribution in [0, 0.1) is 5.41 Å². The molecule has 5 rings (SSSR count). The summed E-state index contributed by atoms with van der Waals surface area (Å²) in [4.78, 5) is 9.71. The van der Waals surface area contributed by atoms with Gasteiger partial charge in [0.05, 0.1) is 11.2 Å². The van der Waals surface area contributed by atoms with Crippen molar-refractivity contribution in [1.82, 2.24) is 30.3 Å². The van der Waals surface area contributed by atoms with E-state index in [1.807, 2.05) is 12.4 Å². The first kappa shape index (κ1) is 25.0. The molecule has 6 heteroatoms. The Morgan fingerprint density at radius 2 is 1.78 bits per heavy atom. The summed E-state index contributed by atoms with van der Waals surface area (Å²) >= 11 is 0. The van der Waals surface area contributed by atoms with Gasteiger partial charge < -0.3 is 10.2 Å². The van der Waals surface area contributed by atoms with E-state index in [2.05, 4.69) is 81.9 Å². The summed E-state index contributed by atoms with van der Waals surface area (Å²) in [5.41, 5.74) is 6.81. The summed E-state index contributed by atoms with van der Waals surface area (Å²) in [7, 11) is 0. The van der Waals surface area contributed by atoms with E-state index in [4.69, 9.17) is 0 Å². The van der Waals surface area contributed by atoms with Crippen molar-refractivity contribution in [1.29, 1.82) is 0 Å². The maximum Gasteiger partial charge on any atom is 0.115 e. The maximum absolute atomic E-state index is 4.63. The molecule has 0 amide bonds. The molecule has 2 fully saturated rings. The number of rotatable bonds is 7. The highest BCUT2D eigenvalue weighted by Gasteiger charge is 2.24. The van der Waals surface area contributed by atoms with Crippen molar-refractivity contribution in [3.05, 3.63) is 54.5 Å². The summed E-state index contributed by atoms with van der Waals surface area (Å²) < 4.78 is 0. The SMILES string of the molecule is C=C(NC1CCN(CC(C)(C)C)CC1)c1n[nH]c2ccc(-c3cncc(CN4CCCCC4)c3)cc12. The predicted molar refractivity (Wildman–Crippen MR) is 150 cm³/mol. The minimum Gasteiger partial charge on any atom is -0.381 e. The number of likely N-dealkylation sites (tertiary alicyclic amines) is 2. The summed E-state index contributed by atoms with van der Waals surface area (Å²) in [5.74, 6) is 0. The molecule has 4 heterocycles. The molecule has 2 aliphatic heterocycles.